The summed E-state index contributed by atoms with van der Waals surface area (Å²) in [4.78, 5) is 15.1. The molecule has 0 aromatic heterocycles. The number of nitrogens with zero attached hydrogens (tertiary/aromatic N) is 1. The number of hydrogen-bond donors (Lipinski definition) is 2. The molecule has 1 fully saturated rings. The van der Waals surface area contributed by atoms with Crippen LogP contribution in [-0.2, 0) is 17.8 Å². The molecule has 0 unspecified atom stereocenters. The third-order valence-corrected chi connectivity index (χ3v) is 6.40. The number of carbonyl (C=O) groups is 1. The first-order chi connectivity index (χ1) is 15.6. The molecule has 1 aliphatic carbocycles. The summed E-state index contributed by atoms with van der Waals surface area (Å²) in [7, 11) is -1.52. The first kappa shape index (κ1) is 22.3. The Kier molecular flexibility index (Phi) is 7.41. The Morgan fingerprint density at radius 3 is 2.09 bits per heavy atom. The number of anilines is 1. The highest BCUT2D eigenvalue weighted by atomic mass is 16.4. The number of carbonyl (C=O) groups excluding carboxylic acids is 1. The molecule has 5 heteroatoms. The molecule has 4 nitrogen and oxygen atoms in total. The van der Waals surface area contributed by atoms with Crippen LogP contribution >= 0.6 is 0 Å². The zero-order valence-electron chi connectivity index (χ0n) is 18.4. The molecule has 2 N–H and O–H groups in total. The van der Waals surface area contributed by atoms with Crippen LogP contribution in [0.15, 0.2) is 78.9 Å². The maximum atomic E-state index is 13.3. The second-order valence-corrected chi connectivity index (χ2v) is 8.68. The molecule has 164 valence electrons. The third-order valence-electron chi connectivity index (χ3n) is 6.40. The summed E-state index contributed by atoms with van der Waals surface area (Å²) in [5.41, 5.74) is 4.60. The van der Waals surface area contributed by atoms with Crippen molar-refractivity contribution in [1.82, 2.24) is 0 Å². The lowest BCUT2D eigenvalue weighted by Crippen LogP contribution is -2.33. The van der Waals surface area contributed by atoms with E-state index in [9.17, 15) is 14.8 Å². The van der Waals surface area contributed by atoms with Crippen molar-refractivity contribution >= 4 is 24.2 Å². The van der Waals surface area contributed by atoms with Crippen LogP contribution in [0, 0.1) is 0 Å². The van der Waals surface area contributed by atoms with Crippen LogP contribution in [0.3, 0.4) is 0 Å². The summed E-state index contributed by atoms with van der Waals surface area (Å²) in [5.74, 6) is 0.663. The van der Waals surface area contributed by atoms with E-state index in [2.05, 4.69) is 24.3 Å². The molecule has 1 aliphatic rings. The Morgan fingerprint density at radius 2 is 1.47 bits per heavy atom. The van der Waals surface area contributed by atoms with Crippen molar-refractivity contribution in [2.75, 3.05) is 4.90 Å². The summed E-state index contributed by atoms with van der Waals surface area (Å²) in [5, 5.41) is 18.8. The van der Waals surface area contributed by atoms with Crippen LogP contribution in [0.1, 0.15) is 54.7 Å². The Bertz CT molecular complexity index is 997. The first-order valence-corrected chi connectivity index (χ1v) is 11.5. The SMILES string of the molecule is O=C(Cc1ccccc1)N(Cc1ccc(C2CCCCC2)cc1)c1ccc(B(O)O)cc1. The molecule has 1 amide bonds. The zero-order valence-corrected chi connectivity index (χ0v) is 18.4. The molecule has 3 aromatic carbocycles. The van der Waals surface area contributed by atoms with Gasteiger partial charge in [0.05, 0.1) is 13.0 Å². The predicted octanol–water partition coefficient (Wildman–Crippen LogP) is 4.19. The highest BCUT2D eigenvalue weighted by molar-refractivity contribution is 6.58. The van der Waals surface area contributed by atoms with Crippen LogP contribution in [0.2, 0.25) is 0 Å². The second kappa shape index (κ2) is 10.6. The van der Waals surface area contributed by atoms with Crippen LogP contribution < -0.4 is 10.4 Å². The Hall–Kier alpha value is -2.89. The molecule has 0 atom stereocenters. The smallest absolute Gasteiger partial charge is 0.423 e. The van der Waals surface area contributed by atoms with E-state index in [0.29, 0.717) is 24.3 Å². The minimum atomic E-state index is -1.52. The van der Waals surface area contributed by atoms with E-state index in [1.165, 1.54) is 37.7 Å². The van der Waals surface area contributed by atoms with Crippen molar-refractivity contribution in [2.45, 2.75) is 51.0 Å². The van der Waals surface area contributed by atoms with E-state index in [1.54, 1.807) is 29.2 Å². The van der Waals surface area contributed by atoms with Crippen molar-refractivity contribution in [2.24, 2.45) is 0 Å². The van der Waals surface area contributed by atoms with Crippen molar-refractivity contribution < 1.29 is 14.8 Å². The lowest BCUT2D eigenvalue weighted by Gasteiger charge is -2.25. The van der Waals surface area contributed by atoms with E-state index in [0.717, 1.165) is 16.8 Å². The van der Waals surface area contributed by atoms with Gasteiger partial charge < -0.3 is 14.9 Å². The molecule has 4 rings (SSSR count). The van der Waals surface area contributed by atoms with Gasteiger partial charge in [-0.05, 0) is 53.0 Å². The standard InChI is InChI=1S/C27H30BNO3/c30-27(19-21-7-3-1-4-8-21)29(26-17-15-25(16-18-26)28(31)32)20-22-11-13-24(14-12-22)23-9-5-2-6-10-23/h1,3-4,7-8,11-18,23,31-32H,2,5-6,9-10,19-20H2. The fourth-order valence-corrected chi connectivity index (χ4v) is 4.53. The van der Waals surface area contributed by atoms with E-state index < -0.39 is 7.12 Å². The molecule has 0 bridgehead atoms. The Balaban J connectivity index is 1.54. The summed E-state index contributed by atoms with van der Waals surface area (Å²) in [6, 6.07) is 25.3. The van der Waals surface area contributed by atoms with E-state index in [-0.39, 0.29) is 5.91 Å². The predicted molar refractivity (Wildman–Crippen MR) is 130 cm³/mol. The quantitative estimate of drug-likeness (QED) is 0.556. The molecule has 0 saturated heterocycles. The van der Waals surface area contributed by atoms with Gasteiger partial charge >= 0.3 is 7.12 Å². The van der Waals surface area contributed by atoms with Gasteiger partial charge in [0, 0.05) is 5.69 Å². The van der Waals surface area contributed by atoms with Crippen LogP contribution in [0.25, 0.3) is 0 Å². The van der Waals surface area contributed by atoms with Crippen molar-refractivity contribution in [3.8, 4) is 0 Å². The topological polar surface area (TPSA) is 60.8 Å². The maximum Gasteiger partial charge on any atom is 0.488 e. The second-order valence-electron chi connectivity index (χ2n) is 8.68. The van der Waals surface area contributed by atoms with Crippen LogP contribution in [0.4, 0.5) is 5.69 Å². The van der Waals surface area contributed by atoms with Gasteiger partial charge in [-0.2, -0.15) is 0 Å². The van der Waals surface area contributed by atoms with Crippen molar-refractivity contribution in [3.05, 3.63) is 95.6 Å². The molecule has 0 heterocycles. The van der Waals surface area contributed by atoms with Gasteiger partial charge in [-0.25, -0.2) is 0 Å². The maximum absolute atomic E-state index is 13.3. The van der Waals surface area contributed by atoms with Gasteiger partial charge in [-0.1, -0.05) is 86.0 Å². The molecule has 32 heavy (non-hydrogen) atoms. The number of amides is 1. The largest absolute Gasteiger partial charge is 0.488 e. The molecule has 0 spiro atoms. The Labute approximate surface area is 190 Å². The number of hydrogen-bond acceptors (Lipinski definition) is 3. The Morgan fingerprint density at radius 1 is 0.812 bits per heavy atom. The van der Waals surface area contributed by atoms with Gasteiger partial charge in [0.2, 0.25) is 5.91 Å². The highest BCUT2D eigenvalue weighted by Crippen LogP contribution is 2.32. The highest BCUT2D eigenvalue weighted by Gasteiger charge is 2.19. The fourth-order valence-electron chi connectivity index (χ4n) is 4.53. The number of rotatable bonds is 7. The first-order valence-electron chi connectivity index (χ1n) is 11.5. The minimum absolute atomic E-state index is 0.00449. The van der Waals surface area contributed by atoms with Gasteiger partial charge in [0.25, 0.3) is 0 Å². The van der Waals surface area contributed by atoms with E-state index in [4.69, 9.17) is 0 Å². The molecule has 0 aliphatic heterocycles. The summed E-state index contributed by atoms with van der Waals surface area (Å²) in [6.07, 6.45) is 6.82. The van der Waals surface area contributed by atoms with E-state index >= 15 is 0 Å². The van der Waals surface area contributed by atoms with Gasteiger partial charge in [-0.3, -0.25) is 4.79 Å². The molecule has 0 radical (unpaired) electrons. The zero-order chi connectivity index (χ0) is 22.3. The normalized spacial score (nSPS) is 14.2. The van der Waals surface area contributed by atoms with Crippen LogP contribution in [0.5, 0.6) is 0 Å². The average molecular weight is 427 g/mol. The third kappa shape index (κ3) is 5.67. The lowest BCUT2D eigenvalue weighted by atomic mass is 9.80. The molecule has 3 aromatic rings. The summed E-state index contributed by atoms with van der Waals surface area (Å²) in [6.45, 7) is 0.470. The van der Waals surface area contributed by atoms with E-state index in [1.807, 2.05) is 30.3 Å². The minimum Gasteiger partial charge on any atom is -0.423 e. The average Bonchev–Trinajstić information content (AvgIpc) is 2.84. The van der Waals surface area contributed by atoms with Gasteiger partial charge in [0.1, 0.15) is 0 Å². The number of benzene rings is 3. The fraction of sp³-hybridized carbons (Fsp3) is 0.296. The van der Waals surface area contributed by atoms with Crippen LogP contribution in [-0.4, -0.2) is 23.1 Å². The van der Waals surface area contributed by atoms with Gasteiger partial charge in [0.15, 0.2) is 0 Å². The lowest BCUT2D eigenvalue weighted by molar-refractivity contribution is -0.118. The molecular weight excluding hydrogens is 397 g/mol. The molecule has 1 saturated carbocycles. The monoisotopic (exact) mass is 427 g/mol. The van der Waals surface area contributed by atoms with Gasteiger partial charge in [-0.15, -0.1) is 0 Å². The molecular formula is C27H30BNO3. The summed E-state index contributed by atoms with van der Waals surface area (Å²) < 4.78 is 0. The summed E-state index contributed by atoms with van der Waals surface area (Å²) >= 11 is 0. The van der Waals surface area contributed by atoms with Crippen molar-refractivity contribution in [1.29, 1.82) is 0 Å². The van der Waals surface area contributed by atoms with Crippen molar-refractivity contribution in [3.63, 3.8) is 0 Å².